The second kappa shape index (κ2) is 8.62. The number of nitrogens with one attached hydrogen (secondary N) is 1. The van der Waals surface area contributed by atoms with E-state index in [1.165, 1.54) is 30.1 Å². The predicted octanol–water partition coefficient (Wildman–Crippen LogP) is 5.11. The zero-order chi connectivity index (χ0) is 24.6. The molecular weight excluding hydrogens is 454 g/mol. The van der Waals surface area contributed by atoms with Gasteiger partial charge in [-0.3, -0.25) is 14.2 Å². The van der Waals surface area contributed by atoms with E-state index >= 15 is 0 Å². The summed E-state index contributed by atoms with van der Waals surface area (Å²) in [6.45, 7) is 1.75. The molecule has 0 bridgehead atoms. The maximum absolute atomic E-state index is 13.5. The van der Waals surface area contributed by atoms with Crippen molar-refractivity contribution in [3.8, 4) is 11.4 Å². The van der Waals surface area contributed by atoms with Crippen LogP contribution in [0.5, 0.6) is 5.75 Å². The smallest absolute Gasteiger partial charge is 0.419 e. The van der Waals surface area contributed by atoms with Crippen molar-refractivity contribution in [1.82, 2.24) is 9.55 Å². The lowest BCUT2D eigenvalue weighted by Crippen LogP contribution is -2.20. The molecular formula is C24H17F4N3O3. The summed E-state index contributed by atoms with van der Waals surface area (Å²) in [6, 6.07) is 11.6. The van der Waals surface area contributed by atoms with Crippen molar-refractivity contribution in [3.05, 3.63) is 93.8 Å². The number of rotatable bonds is 4. The summed E-state index contributed by atoms with van der Waals surface area (Å²) in [4.78, 5) is 30.0. The Morgan fingerprint density at radius 2 is 1.85 bits per heavy atom. The molecule has 0 unspecified atom stereocenters. The molecule has 6 nitrogen and oxygen atoms in total. The van der Waals surface area contributed by atoms with Crippen LogP contribution in [0.3, 0.4) is 0 Å². The normalized spacial score (nSPS) is 11.5. The largest absolute Gasteiger partial charge is 0.494 e. The van der Waals surface area contributed by atoms with Gasteiger partial charge in [-0.1, -0.05) is 12.1 Å². The number of aryl methyl sites for hydroxylation is 1. The Labute approximate surface area is 190 Å². The number of hydrogen-bond acceptors (Lipinski definition) is 4. The first-order valence-electron chi connectivity index (χ1n) is 9.93. The number of methoxy groups -OCH3 is 1. The topological polar surface area (TPSA) is 73.2 Å². The number of anilines is 1. The highest BCUT2D eigenvalue weighted by Crippen LogP contribution is 2.32. The molecule has 4 aromatic rings. The summed E-state index contributed by atoms with van der Waals surface area (Å²) in [5, 5.41) is 2.81. The van der Waals surface area contributed by atoms with Crippen molar-refractivity contribution < 1.29 is 27.1 Å². The Hall–Kier alpha value is -4.21. The van der Waals surface area contributed by atoms with Gasteiger partial charge in [0.05, 0.1) is 23.7 Å². The summed E-state index contributed by atoms with van der Waals surface area (Å²) >= 11 is 0. The standard InChI is InChI=1S/C24H17F4N3O3/c1-13-6-8-15(30-22(32)14-7-9-18(25)17(10-14)24(26,27)28)11-19(13)31-12-29-21-16(23(31)33)4-3-5-20(21)34-2/h3-12H,1-2H3,(H,30,32). The molecule has 0 saturated heterocycles. The number of carbonyl (C=O) groups excluding carboxylic acids is 1. The Bertz CT molecular complexity index is 1480. The number of amides is 1. The minimum absolute atomic E-state index is 0.223. The molecule has 3 aromatic carbocycles. The summed E-state index contributed by atoms with van der Waals surface area (Å²) in [6.07, 6.45) is -3.61. The quantitative estimate of drug-likeness (QED) is 0.420. The summed E-state index contributed by atoms with van der Waals surface area (Å²) in [7, 11) is 1.47. The van der Waals surface area contributed by atoms with Gasteiger partial charge in [-0.15, -0.1) is 0 Å². The van der Waals surface area contributed by atoms with Gasteiger partial charge in [-0.25, -0.2) is 9.37 Å². The molecule has 0 aliphatic carbocycles. The number of hydrogen-bond donors (Lipinski definition) is 1. The summed E-state index contributed by atoms with van der Waals surface area (Å²) < 4.78 is 59.0. The van der Waals surface area contributed by atoms with E-state index in [4.69, 9.17) is 4.74 Å². The van der Waals surface area contributed by atoms with Crippen molar-refractivity contribution in [2.45, 2.75) is 13.1 Å². The van der Waals surface area contributed by atoms with Crippen LogP contribution >= 0.6 is 0 Å². The number of carbonyl (C=O) groups is 1. The molecule has 0 fully saturated rings. The van der Waals surface area contributed by atoms with Gasteiger partial charge in [0, 0.05) is 11.3 Å². The van der Waals surface area contributed by atoms with Crippen LogP contribution in [0.25, 0.3) is 16.6 Å². The van der Waals surface area contributed by atoms with E-state index in [9.17, 15) is 27.2 Å². The van der Waals surface area contributed by atoms with E-state index < -0.39 is 23.5 Å². The van der Waals surface area contributed by atoms with Gasteiger partial charge < -0.3 is 10.1 Å². The van der Waals surface area contributed by atoms with E-state index in [-0.39, 0.29) is 16.8 Å². The molecule has 1 heterocycles. The fourth-order valence-corrected chi connectivity index (χ4v) is 3.50. The van der Waals surface area contributed by atoms with Gasteiger partial charge in [0.25, 0.3) is 11.5 Å². The van der Waals surface area contributed by atoms with Crippen molar-refractivity contribution >= 4 is 22.5 Å². The van der Waals surface area contributed by atoms with Crippen LogP contribution in [-0.4, -0.2) is 22.6 Å². The second-order valence-electron chi connectivity index (χ2n) is 7.42. The number of halogens is 4. The van der Waals surface area contributed by atoms with Crippen LogP contribution in [0.1, 0.15) is 21.5 Å². The lowest BCUT2D eigenvalue weighted by atomic mass is 10.1. The van der Waals surface area contributed by atoms with Gasteiger partial charge in [0.2, 0.25) is 0 Å². The third-order valence-corrected chi connectivity index (χ3v) is 5.23. The fraction of sp³-hybridized carbons (Fsp3) is 0.125. The van der Waals surface area contributed by atoms with Crippen LogP contribution in [0.4, 0.5) is 23.2 Å². The molecule has 34 heavy (non-hydrogen) atoms. The number of fused-ring (bicyclic) bond motifs is 1. The van der Waals surface area contributed by atoms with E-state index in [2.05, 4.69) is 10.3 Å². The van der Waals surface area contributed by atoms with E-state index in [0.717, 1.165) is 6.07 Å². The monoisotopic (exact) mass is 471 g/mol. The van der Waals surface area contributed by atoms with E-state index in [1.807, 2.05) is 0 Å². The van der Waals surface area contributed by atoms with Crippen molar-refractivity contribution in [1.29, 1.82) is 0 Å². The van der Waals surface area contributed by atoms with Crippen LogP contribution in [0, 0.1) is 12.7 Å². The van der Waals surface area contributed by atoms with Crippen LogP contribution in [0.15, 0.2) is 65.7 Å². The second-order valence-corrected chi connectivity index (χ2v) is 7.42. The molecule has 174 valence electrons. The van der Waals surface area contributed by atoms with Gasteiger partial charge >= 0.3 is 6.18 Å². The zero-order valence-corrected chi connectivity index (χ0v) is 17.9. The van der Waals surface area contributed by atoms with Gasteiger partial charge in [0.1, 0.15) is 23.4 Å². The molecule has 4 rings (SSSR count). The Morgan fingerprint density at radius 3 is 2.56 bits per heavy atom. The SMILES string of the molecule is COc1cccc2c(=O)n(-c3cc(NC(=O)c4ccc(F)c(C(F)(F)F)c4)ccc3C)cnc12. The van der Waals surface area contributed by atoms with Crippen LogP contribution in [0.2, 0.25) is 0 Å². The average molecular weight is 471 g/mol. The molecule has 1 N–H and O–H groups in total. The first-order chi connectivity index (χ1) is 16.1. The molecule has 0 radical (unpaired) electrons. The fourth-order valence-electron chi connectivity index (χ4n) is 3.50. The van der Waals surface area contributed by atoms with Crippen molar-refractivity contribution in [3.63, 3.8) is 0 Å². The van der Waals surface area contributed by atoms with Crippen molar-refractivity contribution in [2.24, 2.45) is 0 Å². The first kappa shape index (κ1) is 23.0. The predicted molar refractivity (Wildman–Crippen MR) is 118 cm³/mol. The minimum Gasteiger partial charge on any atom is -0.494 e. The van der Waals surface area contributed by atoms with Gasteiger partial charge in [-0.05, 0) is 55.0 Å². The average Bonchev–Trinajstić information content (AvgIpc) is 2.80. The maximum Gasteiger partial charge on any atom is 0.419 e. The molecule has 0 aliphatic rings. The molecule has 0 saturated carbocycles. The van der Waals surface area contributed by atoms with Gasteiger partial charge in [0.15, 0.2) is 0 Å². The first-order valence-corrected chi connectivity index (χ1v) is 9.93. The molecule has 1 amide bonds. The minimum atomic E-state index is -4.94. The highest BCUT2D eigenvalue weighted by atomic mass is 19.4. The molecule has 0 spiro atoms. The lowest BCUT2D eigenvalue weighted by molar-refractivity contribution is -0.140. The van der Waals surface area contributed by atoms with Crippen molar-refractivity contribution in [2.75, 3.05) is 12.4 Å². The van der Waals surface area contributed by atoms with Gasteiger partial charge in [-0.2, -0.15) is 13.2 Å². The highest BCUT2D eigenvalue weighted by Gasteiger charge is 2.34. The van der Waals surface area contributed by atoms with Crippen LogP contribution < -0.4 is 15.6 Å². The third kappa shape index (κ3) is 4.21. The number of nitrogens with zero attached hydrogens (tertiary/aromatic N) is 2. The number of alkyl halides is 3. The lowest BCUT2D eigenvalue weighted by Gasteiger charge is -2.14. The Morgan fingerprint density at radius 1 is 1.09 bits per heavy atom. The van der Waals surface area contributed by atoms with E-state index in [1.54, 1.807) is 31.2 Å². The highest BCUT2D eigenvalue weighted by molar-refractivity contribution is 6.04. The summed E-state index contributed by atoms with van der Waals surface area (Å²) in [5.41, 5.74) is -0.558. The maximum atomic E-state index is 13.5. The number of para-hydroxylation sites is 1. The Kier molecular flexibility index (Phi) is 5.82. The molecule has 10 heteroatoms. The Balaban J connectivity index is 1.71. The molecule has 0 atom stereocenters. The molecule has 0 aliphatic heterocycles. The van der Waals surface area contributed by atoms with Crippen LogP contribution in [-0.2, 0) is 6.18 Å². The third-order valence-electron chi connectivity index (χ3n) is 5.23. The number of ether oxygens (including phenoxy) is 1. The summed E-state index contributed by atoms with van der Waals surface area (Å²) in [5.74, 6) is -1.90. The zero-order valence-electron chi connectivity index (χ0n) is 17.9. The number of benzene rings is 3. The molecule has 1 aromatic heterocycles. The number of aromatic nitrogens is 2. The van der Waals surface area contributed by atoms with E-state index in [0.29, 0.717) is 40.0 Å².